The normalized spacial score (nSPS) is 10.4. The van der Waals surface area contributed by atoms with E-state index in [0.29, 0.717) is 24.0 Å². The molecule has 0 unspecified atom stereocenters. The van der Waals surface area contributed by atoms with E-state index in [1.54, 1.807) is 6.92 Å². The van der Waals surface area contributed by atoms with Crippen LogP contribution in [0.5, 0.6) is 5.75 Å². The molecule has 2 rings (SSSR count). The molecule has 1 N–H and O–H groups in total. The summed E-state index contributed by atoms with van der Waals surface area (Å²) in [5.74, 6) is 0.746. The van der Waals surface area contributed by atoms with Crippen molar-refractivity contribution in [3.63, 3.8) is 0 Å². The molecular formula is C14H15NO4. The molecule has 0 bridgehead atoms. The number of aryl methyl sites for hydroxylation is 1. The quantitative estimate of drug-likeness (QED) is 0.895. The summed E-state index contributed by atoms with van der Waals surface area (Å²) in [7, 11) is 0. The second-order valence-corrected chi connectivity index (χ2v) is 4.05. The van der Waals surface area contributed by atoms with Crippen LogP contribution >= 0.6 is 0 Å². The molecule has 19 heavy (non-hydrogen) atoms. The molecule has 5 heteroatoms. The second kappa shape index (κ2) is 5.56. The Kier molecular flexibility index (Phi) is 3.85. The molecular weight excluding hydrogens is 246 g/mol. The molecule has 0 aliphatic carbocycles. The predicted molar refractivity (Wildman–Crippen MR) is 69.2 cm³/mol. The lowest BCUT2D eigenvalue weighted by molar-refractivity contribution is -0.136. The van der Waals surface area contributed by atoms with Crippen LogP contribution < -0.4 is 4.74 Å². The minimum absolute atomic E-state index is 0.138. The van der Waals surface area contributed by atoms with Gasteiger partial charge in [0.05, 0.1) is 18.7 Å². The highest BCUT2D eigenvalue weighted by Gasteiger charge is 2.14. The molecule has 0 aliphatic rings. The Labute approximate surface area is 110 Å². The van der Waals surface area contributed by atoms with Gasteiger partial charge in [0.15, 0.2) is 0 Å². The average Bonchev–Trinajstić information content (AvgIpc) is 2.71. The zero-order chi connectivity index (χ0) is 13.8. The highest BCUT2D eigenvalue weighted by atomic mass is 16.5. The number of hydrogen-bond acceptors (Lipinski definition) is 4. The molecule has 0 amide bonds. The van der Waals surface area contributed by atoms with Crippen LogP contribution in [0.15, 0.2) is 28.7 Å². The van der Waals surface area contributed by atoms with Gasteiger partial charge in [-0.25, -0.2) is 4.98 Å². The molecule has 0 aliphatic heterocycles. The maximum atomic E-state index is 10.7. The molecule has 1 aromatic heterocycles. The highest BCUT2D eigenvalue weighted by molar-refractivity contribution is 5.70. The smallest absolute Gasteiger partial charge is 0.309 e. The first-order valence-corrected chi connectivity index (χ1v) is 6.01. The average molecular weight is 261 g/mol. The van der Waals surface area contributed by atoms with E-state index in [9.17, 15) is 4.79 Å². The fourth-order valence-corrected chi connectivity index (χ4v) is 1.74. The van der Waals surface area contributed by atoms with Gasteiger partial charge in [-0.05, 0) is 32.0 Å². The second-order valence-electron chi connectivity index (χ2n) is 4.05. The van der Waals surface area contributed by atoms with Gasteiger partial charge in [0.25, 0.3) is 0 Å². The Bertz CT molecular complexity index is 589. The third-order valence-electron chi connectivity index (χ3n) is 2.60. The van der Waals surface area contributed by atoms with Gasteiger partial charge in [-0.15, -0.1) is 0 Å². The molecule has 0 saturated carbocycles. The predicted octanol–water partition coefficient (Wildman–Crippen LogP) is 2.68. The van der Waals surface area contributed by atoms with Crippen LogP contribution in [0.1, 0.15) is 18.4 Å². The topological polar surface area (TPSA) is 72.6 Å². The summed E-state index contributed by atoms with van der Waals surface area (Å²) in [6, 6.07) is 7.36. The number of carboxylic acids is 1. The van der Waals surface area contributed by atoms with Crippen LogP contribution in [0.3, 0.4) is 0 Å². The Morgan fingerprint density at radius 1 is 1.47 bits per heavy atom. The van der Waals surface area contributed by atoms with Crippen molar-refractivity contribution < 1.29 is 19.1 Å². The fraction of sp³-hybridized carbons (Fsp3) is 0.286. The summed E-state index contributed by atoms with van der Waals surface area (Å²) in [5, 5.41) is 8.78. The first kappa shape index (κ1) is 13.1. The van der Waals surface area contributed by atoms with Crippen molar-refractivity contribution in [1.29, 1.82) is 0 Å². The minimum Gasteiger partial charge on any atom is -0.494 e. The molecule has 0 spiro atoms. The fourth-order valence-electron chi connectivity index (χ4n) is 1.74. The summed E-state index contributed by atoms with van der Waals surface area (Å²) in [6.45, 7) is 4.20. The first-order chi connectivity index (χ1) is 9.10. The van der Waals surface area contributed by atoms with Crippen LogP contribution in [0.25, 0.3) is 11.5 Å². The zero-order valence-electron chi connectivity index (χ0n) is 10.8. The van der Waals surface area contributed by atoms with Gasteiger partial charge in [-0.2, -0.15) is 0 Å². The number of rotatable bonds is 5. The largest absolute Gasteiger partial charge is 0.494 e. The maximum absolute atomic E-state index is 10.7. The van der Waals surface area contributed by atoms with Crippen LogP contribution in [0.2, 0.25) is 0 Å². The Morgan fingerprint density at radius 3 is 2.95 bits per heavy atom. The van der Waals surface area contributed by atoms with Crippen molar-refractivity contribution in [1.82, 2.24) is 4.98 Å². The maximum Gasteiger partial charge on any atom is 0.309 e. The number of hydrogen-bond donors (Lipinski definition) is 1. The number of aliphatic carboxylic acids is 1. The summed E-state index contributed by atoms with van der Waals surface area (Å²) < 4.78 is 10.9. The summed E-state index contributed by atoms with van der Waals surface area (Å²) >= 11 is 0. The SMILES string of the molecule is CCOc1cccc(-c2nc(CC(=O)O)c(C)o2)c1. The molecule has 0 fully saturated rings. The highest BCUT2D eigenvalue weighted by Crippen LogP contribution is 2.25. The molecule has 1 heterocycles. The van der Waals surface area contributed by atoms with E-state index in [1.807, 2.05) is 31.2 Å². The molecule has 2 aromatic rings. The molecule has 0 radical (unpaired) electrons. The van der Waals surface area contributed by atoms with Crippen LogP contribution in [0.4, 0.5) is 0 Å². The van der Waals surface area contributed by atoms with Crippen molar-refractivity contribution in [3.8, 4) is 17.2 Å². The van der Waals surface area contributed by atoms with Gasteiger partial charge < -0.3 is 14.3 Å². The van der Waals surface area contributed by atoms with E-state index < -0.39 is 5.97 Å². The molecule has 100 valence electrons. The van der Waals surface area contributed by atoms with Crippen molar-refractivity contribution >= 4 is 5.97 Å². The standard InChI is InChI=1S/C14H15NO4/c1-3-18-11-6-4-5-10(7-11)14-15-12(8-13(16)17)9(2)19-14/h4-7H,3,8H2,1-2H3,(H,16,17). The third-order valence-corrected chi connectivity index (χ3v) is 2.60. The monoisotopic (exact) mass is 261 g/mol. The summed E-state index contributed by atoms with van der Waals surface area (Å²) in [4.78, 5) is 14.9. The molecule has 1 aromatic carbocycles. The Morgan fingerprint density at radius 2 is 2.26 bits per heavy atom. The molecule has 5 nitrogen and oxygen atoms in total. The van der Waals surface area contributed by atoms with Crippen molar-refractivity contribution in [2.24, 2.45) is 0 Å². The van der Waals surface area contributed by atoms with E-state index in [4.69, 9.17) is 14.3 Å². The third kappa shape index (κ3) is 3.13. The zero-order valence-corrected chi connectivity index (χ0v) is 10.8. The number of carbonyl (C=O) groups is 1. The number of carboxylic acid groups (broad SMARTS) is 1. The number of oxazole rings is 1. The van der Waals surface area contributed by atoms with Gasteiger partial charge in [-0.1, -0.05) is 6.07 Å². The van der Waals surface area contributed by atoms with E-state index in [-0.39, 0.29) is 6.42 Å². The van der Waals surface area contributed by atoms with Gasteiger partial charge >= 0.3 is 5.97 Å². The summed E-state index contributed by atoms with van der Waals surface area (Å²) in [5.41, 5.74) is 1.22. The van der Waals surface area contributed by atoms with Crippen LogP contribution in [-0.4, -0.2) is 22.7 Å². The van der Waals surface area contributed by atoms with E-state index in [2.05, 4.69) is 4.98 Å². The van der Waals surface area contributed by atoms with E-state index >= 15 is 0 Å². The first-order valence-electron chi connectivity index (χ1n) is 6.01. The lowest BCUT2D eigenvalue weighted by atomic mass is 10.2. The Hall–Kier alpha value is -2.30. The Balaban J connectivity index is 2.31. The molecule has 0 atom stereocenters. The number of aromatic nitrogens is 1. The summed E-state index contributed by atoms with van der Waals surface area (Å²) in [6.07, 6.45) is -0.138. The van der Waals surface area contributed by atoms with Crippen LogP contribution in [0, 0.1) is 6.92 Å². The van der Waals surface area contributed by atoms with Crippen molar-refractivity contribution in [2.45, 2.75) is 20.3 Å². The number of nitrogens with zero attached hydrogens (tertiary/aromatic N) is 1. The number of benzene rings is 1. The lowest BCUT2D eigenvalue weighted by Gasteiger charge is -2.03. The van der Waals surface area contributed by atoms with Gasteiger partial charge in [0.2, 0.25) is 5.89 Å². The number of ether oxygens (including phenoxy) is 1. The molecule has 0 saturated heterocycles. The van der Waals surface area contributed by atoms with Gasteiger partial charge in [-0.3, -0.25) is 4.79 Å². The van der Waals surface area contributed by atoms with Crippen molar-refractivity contribution in [3.05, 3.63) is 35.7 Å². The minimum atomic E-state index is -0.925. The lowest BCUT2D eigenvalue weighted by Crippen LogP contribution is -2.01. The van der Waals surface area contributed by atoms with Crippen LogP contribution in [-0.2, 0) is 11.2 Å². The van der Waals surface area contributed by atoms with Crippen molar-refractivity contribution in [2.75, 3.05) is 6.61 Å². The van der Waals surface area contributed by atoms with Gasteiger partial charge in [0.1, 0.15) is 11.5 Å². The van der Waals surface area contributed by atoms with E-state index in [0.717, 1.165) is 11.3 Å². The van der Waals surface area contributed by atoms with E-state index in [1.165, 1.54) is 0 Å². The van der Waals surface area contributed by atoms with Gasteiger partial charge in [0, 0.05) is 5.56 Å².